The molecule has 0 aliphatic heterocycles. The highest BCUT2D eigenvalue weighted by atomic mass is 14.3. The third-order valence-electron chi connectivity index (χ3n) is 7.47. The second kappa shape index (κ2) is 9.31. The topological polar surface area (TPSA) is 0 Å². The maximum Gasteiger partial charge on any atom is 0.0203 e. The second-order valence-corrected chi connectivity index (χ2v) is 9.67. The molecule has 0 N–H and O–H groups in total. The van der Waals surface area contributed by atoms with Crippen molar-refractivity contribution in [1.29, 1.82) is 0 Å². The largest absolute Gasteiger partial charge is 0.0996 e. The van der Waals surface area contributed by atoms with E-state index in [4.69, 9.17) is 0 Å². The van der Waals surface area contributed by atoms with Gasteiger partial charge in [0, 0.05) is 11.8 Å². The predicted octanol–water partition coefficient (Wildman–Crippen LogP) is 7.23. The quantitative estimate of drug-likeness (QED) is 0.479. The van der Waals surface area contributed by atoms with E-state index in [9.17, 15) is 0 Å². The molecule has 3 rings (SSSR count). The summed E-state index contributed by atoms with van der Waals surface area (Å²) in [7, 11) is 0. The minimum absolute atomic E-state index is 0.729. The molecule has 0 spiro atoms. The monoisotopic (exact) mass is 328 g/mol. The number of hydrogen-bond acceptors (Lipinski definition) is 0. The van der Waals surface area contributed by atoms with Crippen molar-refractivity contribution < 1.29 is 0 Å². The molecule has 0 radical (unpaired) electrons. The molecule has 0 aromatic rings. The van der Waals surface area contributed by atoms with Crippen LogP contribution in [0.4, 0.5) is 0 Å². The molecule has 0 aromatic heterocycles. The lowest BCUT2D eigenvalue weighted by Crippen LogP contribution is -2.17. The first kappa shape index (κ1) is 18.4. The summed E-state index contributed by atoms with van der Waals surface area (Å²) in [5, 5.41) is 0. The van der Waals surface area contributed by atoms with Gasteiger partial charge in [-0.2, -0.15) is 0 Å². The third-order valence-corrected chi connectivity index (χ3v) is 7.47. The van der Waals surface area contributed by atoms with Crippen LogP contribution in [0.1, 0.15) is 104 Å². The summed E-state index contributed by atoms with van der Waals surface area (Å²) in [4.78, 5) is 0. The van der Waals surface area contributed by atoms with Gasteiger partial charge in [0.2, 0.25) is 0 Å². The molecule has 0 unspecified atom stereocenters. The lowest BCUT2D eigenvalue weighted by atomic mass is 9.76. The third kappa shape index (κ3) is 5.82. The highest BCUT2D eigenvalue weighted by Gasteiger charge is 2.23. The molecule has 24 heavy (non-hydrogen) atoms. The van der Waals surface area contributed by atoms with E-state index in [1.807, 2.05) is 0 Å². The Labute approximate surface area is 151 Å². The first-order valence-electron chi connectivity index (χ1n) is 11.2. The second-order valence-electron chi connectivity index (χ2n) is 9.67. The van der Waals surface area contributed by atoms with Gasteiger partial charge in [0.1, 0.15) is 0 Å². The molecule has 0 heterocycles. The van der Waals surface area contributed by atoms with Gasteiger partial charge in [-0.1, -0.05) is 64.2 Å². The average Bonchev–Trinajstić information content (AvgIpc) is 2.62. The predicted molar refractivity (Wildman–Crippen MR) is 105 cm³/mol. The highest BCUT2D eigenvalue weighted by molar-refractivity contribution is 5.09. The molecule has 0 saturated heterocycles. The summed E-state index contributed by atoms with van der Waals surface area (Å²) in [6.07, 6.45) is 20.3. The SMILES string of the molecule is CC1CCC(C#CC2CCC(CCC3CCC(C)CC3)CC2)CC1. The van der Waals surface area contributed by atoms with Crippen molar-refractivity contribution in [3.8, 4) is 11.8 Å². The minimum atomic E-state index is 0.729. The van der Waals surface area contributed by atoms with Gasteiger partial charge < -0.3 is 0 Å². The van der Waals surface area contributed by atoms with Crippen LogP contribution in [-0.4, -0.2) is 0 Å². The Hall–Kier alpha value is -0.440. The van der Waals surface area contributed by atoms with Gasteiger partial charge in [-0.15, -0.1) is 0 Å². The standard InChI is InChI=1S/C24H40/c1-19-3-7-21(8-4-19)11-13-23-15-17-24(18-16-23)14-12-22-9-5-20(2)6-10-22/h19-24H,3-11,13,15-18H2,1-2H3. The molecule has 0 heteroatoms. The summed E-state index contributed by atoms with van der Waals surface area (Å²) in [5.41, 5.74) is 0. The van der Waals surface area contributed by atoms with Gasteiger partial charge in [-0.25, -0.2) is 0 Å². The fourth-order valence-corrected chi connectivity index (χ4v) is 5.32. The van der Waals surface area contributed by atoms with E-state index in [1.165, 1.54) is 89.9 Å². The molecular formula is C24H40. The Morgan fingerprint density at radius 1 is 0.500 bits per heavy atom. The van der Waals surface area contributed by atoms with Gasteiger partial charge in [-0.3, -0.25) is 0 Å². The zero-order chi connectivity index (χ0) is 16.8. The molecule has 3 fully saturated rings. The van der Waals surface area contributed by atoms with Crippen LogP contribution >= 0.6 is 0 Å². The van der Waals surface area contributed by atoms with Crippen molar-refractivity contribution in [2.75, 3.05) is 0 Å². The maximum absolute atomic E-state index is 3.69. The first-order chi connectivity index (χ1) is 11.7. The number of rotatable bonds is 3. The molecular weight excluding hydrogens is 288 g/mol. The zero-order valence-corrected chi connectivity index (χ0v) is 16.4. The summed E-state index contributed by atoms with van der Waals surface area (Å²) in [6.45, 7) is 4.84. The zero-order valence-electron chi connectivity index (χ0n) is 16.4. The average molecular weight is 329 g/mol. The summed E-state index contributed by atoms with van der Waals surface area (Å²) < 4.78 is 0. The summed E-state index contributed by atoms with van der Waals surface area (Å²) in [6, 6.07) is 0. The van der Waals surface area contributed by atoms with Crippen molar-refractivity contribution in [1.82, 2.24) is 0 Å². The molecule has 136 valence electrons. The number of hydrogen-bond donors (Lipinski definition) is 0. The molecule has 0 amide bonds. The smallest absolute Gasteiger partial charge is 0.0203 e. The van der Waals surface area contributed by atoms with Crippen LogP contribution in [0.25, 0.3) is 0 Å². The lowest BCUT2D eigenvalue weighted by molar-refractivity contribution is 0.235. The highest BCUT2D eigenvalue weighted by Crippen LogP contribution is 2.36. The van der Waals surface area contributed by atoms with Crippen molar-refractivity contribution in [2.45, 2.75) is 104 Å². The molecule has 0 nitrogen and oxygen atoms in total. The van der Waals surface area contributed by atoms with Crippen molar-refractivity contribution in [2.24, 2.45) is 35.5 Å². The Morgan fingerprint density at radius 2 is 0.833 bits per heavy atom. The van der Waals surface area contributed by atoms with Crippen LogP contribution in [0, 0.1) is 47.3 Å². The van der Waals surface area contributed by atoms with Gasteiger partial charge in [-0.05, 0) is 75.0 Å². The lowest BCUT2D eigenvalue weighted by Gasteiger charge is -2.30. The van der Waals surface area contributed by atoms with Crippen LogP contribution in [0.5, 0.6) is 0 Å². The molecule has 0 aromatic carbocycles. The minimum Gasteiger partial charge on any atom is -0.0996 e. The van der Waals surface area contributed by atoms with E-state index in [1.54, 1.807) is 0 Å². The summed E-state index contributed by atoms with van der Waals surface area (Å²) >= 11 is 0. The summed E-state index contributed by atoms with van der Waals surface area (Å²) in [5.74, 6) is 12.9. The Kier molecular flexibility index (Phi) is 7.12. The molecule has 0 atom stereocenters. The Morgan fingerprint density at radius 3 is 1.29 bits per heavy atom. The van der Waals surface area contributed by atoms with Crippen LogP contribution in [-0.2, 0) is 0 Å². The molecule has 3 aliphatic carbocycles. The van der Waals surface area contributed by atoms with Crippen molar-refractivity contribution in [3.63, 3.8) is 0 Å². The normalized spacial score (nSPS) is 40.6. The van der Waals surface area contributed by atoms with E-state index < -0.39 is 0 Å². The van der Waals surface area contributed by atoms with Crippen LogP contribution in [0.15, 0.2) is 0 Å². The van der Waals surface area contributed by atoms with Crippen molar-refractivity contribution in [3.05, 3.63) is 0 Å². The fourth-order valence-electron chi connectivity index (χ4n) is 5.32. The molecule has 3 saturated carbocycles. The fraction of sp³-hybridized carbons (Fsp3) is 0.917. The van der Waals surface area contributed by atoms with Gasteiger partial charge in [0.15, 0.2) is 0 Å². The van der Waals surface area contributed by atoms with Crippen molar-refractivity contribution >= 4 is 0 Å². The van der Waals surface area contributed by atoms with Crippen LogP contribution < -0.4 is 0 Å². The molecule has 0 bridgehead atoms. The maximum atomic E-state index is 3.69. The molecule has 3 aliphatic rings. The van der Waals surface area contributed by atoms with Crippen LogP contribution in [0.3, 0.4) is 0 Å². The van der Waals surface area contributed by atoms with E-state index in [2.05, 4.69) is 25.7 Å². The van der Waals surface area contributed by atoms with E-state index >= 15 is 0 Å². The first-order valence-corrected chi connectivity index (χ1v) is 11.2. The van der Waals surface area contributed by atoms with E-state index in [0.29, 0.717) is 0 Å². The van der Waals surface area contributed by atoms with Gasteiger partial charge in [0.05, 0.1) is 0 Å². The van der Waals surface area contributed by atoms with E-state index in [-0.39, 0.29) is 0 Å². The van der Waals surface area contributed by atoms with Gasteiger partial charge >= 0.3 is 0 Å². The van der Waals surface area contributed by atoms with Crippen LogP contribution in [0.2, 0.25) is 0 Å². The van der Waals surface area contributed by atoms with Gasteiger partial charge in [0.25, 0.3) is 0 Å². The Balaban J connectivity index is 1.31. The van der Waals surface area contributed by atoms with E-state index in [0.717, 1.165) is 35.5 Å². The Bertz CT molecular complexity index is 401.